The molecule has 1 aliphatic heterocycles. The Labute approximate surface area is 115 Å². The number of aryl methyl sites for hydroxylation is 3. The Morgan fingerprint density at radius 1 is 1.47 bits per heavy atom. The third-order valence-corrected chi connectivity index (χ3v) is 4.03. The van der Waals surface area contributed by atoms with Gasteiger partial charge < -0.3 is 5.32 Å². The van der Waals surface area contributed by atoms with Crippen LogP contribution >= 0.6 is 11.3 Å². The molecule has 0 amide bonds. The molecule has 19 heavy (non-hydrogen) atoms. The Morgan fingerprint density at radius 3 is 3.16 bits per heavy atom. The lowest BCUT2D eigenvalue weighted by molar-refractivity contribution is 0.591. The van der Waals surface area contributed by atoms with Crippen LogP contribution in [-0.2, 0) is 13.0 Å². The molecule has 0 bridgehead atoms. The van der Waals surface area contributed by atoms with Crippen molar-refractivity contribution in [2.24, 2.45) is 0 Å². The van der Waals surface area contributed by atoms with Crippen molar-refractivity contribution in [3.8, 4) is 0 Å². The SMILES string of the molecule is Cc1ncsc1CCn1cc(C2=CNCC=C2)nn1. The van der Waals surface area contributed by atoms with Gasteiger partial charge in [-0.05, 0) is 6.92 Å². The van der Waals surface area contributed by atoms with Crippen molar-refractivity contribution in [2.45, 2.75) is 19.9 Å². The van der Waals surface area contributed by atoms with E-state index in [-0.39, 0.29) is 0 Å². The Hall–Kier alpha value is -1.95. The van der Waals surface area contributed by atoms with E-state index in [1.54, 1.807) is 11.3 Å². The molecule has 3 heterocycles. The van der Waals surface area contributed by atoms with Crippen LogP contribution in [0.15, 0.2) is 30.1 Å². The average molecular weight is 273 g/mol. The minimum absolute atomic E-state index is 0.834. The van der Waals surface area contributed by atoms with Gasteiger partial charge in [-0.15, -0.1) is 16.4 Å². The fourth-order valence-electron chi connectivity index (χ4n) is 1.95. The Bertz CT molecular complexity index is 623. The van der Waals surface area contributed by atoms with Crippen molar-refractivity contribution in [1.82, 2.24) is 25.3 Å². The predicted molar refractivity (Wildman–Crippen MR) is 75.7 cm³/mol. The fourth-order valence-corrected chi connectivity index (χ4v) is 2.72. The minimum atomic E-state index is 0.834. The number of allylic oxidation sites excluding steroid dienone is 2. The monoisotopic (exact) mass is 273 g/mol. The molecule has 1 N–H and O–H groups in total. The number of dihydropyridines is 1. The highest BCUT2D eigenvalue weighted by Gasteiger charge is 2.07. The predicted octanol–water partition coefficient (Wildman–Crippen LogP) is 1.79. The molecule has 0 unspecified atom stereocenters. The van der Waals surface area contributed by atoms with Crippen LogP contribution in [0.4, 0.5) is 0 Å². The summed E-state index contributed by atoms with van der Waals surface area (Å²) in [6.07, 6.45) is 9.06. The van der Waals surface area contributed by atoms with E-state index in [4.69, 9.17) is 0 Å². The summed E-state index contributed by atoms with van der Waals surface area (Å²) in [5.41, 5.74) is 4.99. The topological polar surface area (TPSA) is 55.6 Å². The molecule has 0 aromatic carbocycles. The van der Waals surface area contributed by atoms with Gasteiger partial charge in [-0.3, -0.25) is 4.68 Å². The molecule has 0 atom stereocenters. The summed E-state index contributed by atoms with van der Waals surface area (Å²) in [4.78, 5) is 5.57. The molecule has 0 aliphatic carbocycles. The highest BCUT2D eigenvalue weighted by molar-refractivity contribution is 7.09. The van der Waals surface area contributed by atoms with Crippen LogP contribution in [0, 0.1) is 6.92 Å². The smallest absolute Gasteiger partial charge is 0.114 e. The molecular weight excluding hydrogens is 258 g/mol. The maximum absolute atomic E-state index is 4.25. The normalized spacial score (nSPS) is 14.3. The number of hydrogen-bond donors (Lipinski definition) is 1. The Balaban J connectivity index is 1.67. The van der Waals surface area contributed by atoms with Crippen LogP contribution in [0.3, 0.4) is 0 Å². The molecule has 0 fully saturated rings. The van der Waals surface area contributed by atoms with Gasteiger partial charge in [0.25, 0.3) is 0 Å². The molecule has 0 radical (unpaired) electrons. The van der Waals surface area contributed by atoms with Crippen LogP contribution < -0.4 is 5.32 Å². The van der Waals surface area contributed by atoms with Crippen LogP contribution in [0.25, 0.3) is 5.57 Å². The van der Waals surface area contributed by atoms with Crippen molar-refractivity contribution < 1.29 is 0 Å². The number of nitrogens with zero attached hydrogens (tertiary/aromatic N) is 4. The Kier molecular flexibility index (Phi) is 3.41. The standard InChI is InChI=1S/C13H15N5S/c1-10-13(19-9-15-10)4-6-18-8-12(16-17-18)11-3-2-5-14-7-11/h2-3,7-9,14H,4-6H2,1H3. The molecule has 6 heteroatoms. The van der Waals surface area contributed by atoms with Gasteiger partial charge in [-0.2, -0.15) is 0 Å². The van der Waals surface area contributed by atoms with Crippen molar-refractivity contribution in [3.05, 3.63) is 46.3 Å². The lowest BCUT2D eigenvalue weighted by atomic mass is 10.2. The van der Waals surface area contributed by atoms with E-state index in [1.807, 2.05) is 29.5 Å². The quantitative estimate of drug-likeness (QED) is 0.922. The van der Waals surface area contributed by atoms with E-state index in [1.165, 1.54) is 4.88 Å². The molecule has 0 saturated heterocycles. The second-order valence-electron chi connectivity index (χ2n) is 4.39. The third kappa shape index (κ3) is 2.73. The zero-order chi connectivity index (χ0) is 13.1. The van der Waals surface area contributed by atoms with Gasteiger partial charge in [0.15, 0.2) is 0 Å². The van der Waals surface area contributed by atoms with E-state index in [2.05, 4.69) is 32.8 Å². The Morgan fingerprint density at radius 2 is 2.42 bits per heavy atom. The second kappa shape index (κ2) is 5.36. The van der Waals surface area contributed by atoms with Gasteiger partial charge in [0.2, 0.25) is 0 Å². The fraction of sp³-hybridized carbons (Fsp3) is 0.308. The molecule has 1 aliphatic rings. The van der Waals surface area contributed by atoms with Crippen molar-refractivity contribution in [3.63, 3.8) is 0 Å². The first-order valence-corrected chi connectivity index (χ1v) is 7.10. The number of hydrogen-bond acceptors (Lipinski definition) is 5. The maximum atomic E-state index is 4.25. The highest BCUT2D eigenvalue weighted by Crippen LogP contribution is 2.15. The van der Waals surface area contributed by atoms with E-state index < -0.39 is 0 Å². The molecule has 5 nitrogen and oxygen atoms in total. The van der Waals surface area contributed by atoms with Crippen molar-refractivity contribution >= 4 is 16.9 Å². The van der Waals surface area contributed by atoms with Crippen molar-refractivity contribution in [2.75, 3.05) is 6.54 Å². The average Bonchev–Trinajstić information content (AvgIpc) is 3.06. The third-order valence-electron chi connectivity index (χ3n) is 3.04. The maximum Gasteiger partial charge on any atom is 0.114 e. The largest absolute Gasteiger partial charge is 0.387 e. The van der Waals surface area contributed by atoms with E-state index in [0.717, 1.165) is 36.5 Å². The summed E-state index contributed by atoms with van der Waals surface area (Å²) < 4.78 is 1.89. The van der Waals surface area contributed by atoms with E-state index >= 15 is 0 Å². The summed E-state index contributed by atoms with van der Waals surface area (Å²) in [6.45, 7) is 3.75. The number of nitrogens with one attached hydrogen (secondary N) is 1. The lowest BCUT2D eigenvalue weighted by Gasteiger charge is -2.04. The van der Waals surface area contributed by atoms with E-state index in [9.17, 15) is 0 Å². The molecule has 3 rings (SSSR count). The summed E-state index contributed by atoms with van der Waals surface area (Å²) in [5, 5.41) is 11.5. The van der Waals surface area contributed by atoms with Gasteiger partial charge >= 0.3 is 0 Å². The molecule has 0 saturated carbocycles. The van der Waals surface area contributed by atoms with Crippen LogP contribution in [-0.4, -0.2) is 26.5 Å². The first kappa shape index (κ1) is 12.1. The number of aromatic nitrogens is 4. The molecule has 0 spiro atoms. The first-order chi connectivity index (χ1) is 9.33. The minimum Gasteiger partial charge on any atom is -0.387 e. The zero-order valence-corrected chi connectivity index (χ0v) is 11.5. The van der Waals surface area contributed by atoms with Gasteiger partial charge in [-0.1, -0.05) is 17.4 Å². The van der Waals surface area contributed by atoms with Gasteiger partial charge in [-0.25, -0.2) is 4.98 Å². The van der Waals surface area contributed by atoms with Crippen LogP contribution in [0.1, 0.15) is 16.3 Å². The van der Waals surface area contributed by atoms with Gasteiger partial charge in [0, 0.05) is 36.2 Å². The molecule has 2 aromatic rings. The van der Waals surface area contributed by atoms with Crippen LogP contribution in [0.2, 0.25) is 0 Å². The number of rotatable bonds is 4. The molecule has 98 valence electrons. The molecule has 2 aromatic heterocycles. The van der Waals surface area contributed by atoms with Gasteiger partial charge in [0.1, 0.15) is 5.69 Å². The summed E-state index contributed by atoms with van der Waals surface area (Å²) >= 11 is 1.70. The lowest BCUT2D eigenvalue weighted by Crippen LogP contribution is -2.08. The van der Waals surface area contributed by atoms with Crippen molar-refractivity contribution in [1.29, 1.82) is 0 Å². The zero-order valence-electron chi connectivity index (χ0n) is 10.7. The second-order valence-corrected chi connectivity index (χ2v) is 5.33. The summed E-state index contributed by atoms with van der Waals surface area (Å²) in [5.74, 6) is 0. The summed E-state index contributed by atoms with van der Waals surface area (Å²) in [7, 11) is 0. The first-order valence-electron chi connectivity index (χ1n) is 6.22. The number of thiazole rings is 1. The highest BCUT2D eigenvalue weighted by atomic mass is 32.1. The van der Waals surface area contributed by atoms with Crippen LogP contribution in [0.5, 0.6) is 0 Å². The van der Waals surface area contributed by atoms with E-state index in [0.29, 0.717) is 0 Å². The molecular formula is C13H15N5S. The van der Waals surface area contributed by atoms with Gasteiger partial charge in [0.05, 0.1) is 17.4 Å². The summed E-state index contributed by atoms with van der Waals surface area (Å²) in [6, 6.07) is 0.